The van der Waals surface area contributed by atoms with Gasteiger partial charge in [-0.05, 0) is 69.6 Å². The van der Waals surface area contributed by atoms with Gasteiger partial charge in [0.2, 0.25) is 5.91 Å². The van der Waals surface area contributed by atoms with E-state index in [9.17, 15) is 41.4 Å². The van der Waals surface area contributed by atoms with Crippen molar-refractivity contribution in [3.63, 3.8) is 0 Å². The molecule has 0 radical (unpaired) electrons. The highest BCUT2D eigenvalue weighted by molar-refractivity contribution is 7.92. The van der Waals surface area contributed by atoms with Crippen molar-refractivity contribution in [3.8, 4) is 0 Å². The fraction of sp³-hybridized carbons (Fsp3) is 0.481. The van der Waals surface area contributed by atoms with Crippen molar-refractivity contribution in [2.24, 2.45) is 11.8 Å². The maximum absolute atomic E-state index is 13.6. The van der Waals surface area contributed by atoms with Gasteiger partial charge in [-0.1, -0.05) is 6.07 Å². The molecule has 2 saturated carbocycles. The van der Waals surface area contributed by atoms with Crippen LogP contribution < -0.4 is 10.6 Å². The van der Waals surface area contributed by atoms with E-state index >= 15 is 0 Å². The lowest BCUT2D eigenvalue weighted by atomic mass is 9.72. The number of fused-ring (bicyclic) bond motifs is 2. The molecule has 4 N–H and O–H groups in total. The van der Waals surface area contributed by atoms with Crippen LogP contribution in [-0.4, -0.2) is 53.4 Å². The molecule has 4 atom stereocenters. The van der Waals surface area contributed by atoms with E-state index in [2.05, 4.69) is 10.6 Å². The molecule has 1 unspecified atom stereocenters. The predicted octanol–water partition coefficient (Wildman–Crippen LogP) is 3.33. The molecule has 0 saturated heterocycles. The van der Waals surface area contributed by atoms with Gasteiger partial charge in [0.15, 0.2) is 27.3 Å². The Balaban J connectivity index is 1.47. The van der Waals surface area contributed by atoms with Crippen LogP contribution in [0.2, 0.25) is 0 Å². The molecule has 0 heterocycles. The van der Waals surface area contributed by atoms with Gasteiger partial charge in [0.05, 0.1) is 27.8 Å². The third-order valence-electron chi connectivity index (χ3n) is 7.64. The Morgan fingerprint density at radius 3 is 2.21 bits per heavy atom. The van der Waals surface area contributed by atoms with Crippen molar-refractivity contribution in [1.29, 1.82) is 0 Å². The second-order valence-electron chi connectivity index (χ2n) is 11.1. The number of aliphatic hydroxyl groups is 2. The summed E-state index contributed by atoms with van der Waals surface area (Å²) in [6, 6.07) is 6.43. The summed E-state index contributed by atoms with van der Waals surface area (Å²) < 4.78 is 67.3. The fourth-order valence-electron chi connectivity index (χ4n) is 5.62. The number of carbonyl (C=O) groups is 2. The number of hydrogen-bond donors (Lipinski definition) is 4. The van der Waals surface area contributed by atoms with Crippen molar-refractivity contribution >= 4 is 27.3 Å². The van der Waals surface area contributed by atoms with Crippen molar-refractivity contribution in [3.05, 3.63) is 59.4 Å². The first kappa shape index (κ1) is 29.0. The maximum Gasteiger partial charge on any atom is 0.255 e. The molecule has 212 valence electrons. The summed E-state index contributed by atoms with van der Waals surface area (Å²) in [7, 11) is -3.94. The lowest BCUT2D eigenvalue weighted by molar-refractivity contribution is -0.133. The van der Waals surface area contributed by atoms with Gasteiger partial charge in [-0.2, -0.15) is 0 Å². The minimum Gasteiger partial charge on any atom is -0.389 e. The number of carbonyl (C=O) groups excluding carboxylic acids is 2. The summed E-state index contributed by atoms with van der Waals surface area (Å²) >= 11 is 0. The predicted molar refractivity (Wildman–Crippen MR) is 136 cm³/mol. The van der Waals surface area contributed by atoms with Crippen LogP contribution in [0.5, 0.6) is 0 Å². The van der Waals surface area contributed by atoms with Crippen LogP contribution in [0, 0.1) is 29.3 Å². The molecule has 2 aromatic rings. The van der Waals surface area contributed by atoms with Crippen molar-refractivity contribution in [1.82, 2.24) is 5.32 Å². The molecule has 2 amide bonds. The Labute approximate surface area is 224 Å². The molecule has 0 aliphatic heterocycles. The van der Waals surface area contributed by atoms with Gasteiger partial charge < -0.3 is 20.8 Å². The van der Waals surface area contributed by atoms with Crippen LogP contribution in [0.25, 0.3) is 0 Å². The number of halogens is 3. The van der Waals surface area contributed by atoms with E-state index in [0.717, 1.165) is 6.07 Å². The highest BCUT2D eigenvalue weighted by Gasteiger charge is 2.56. The summed E-state index contributed by atoms with van der Waals surface area (Å²) in [5.41, 5.74) is -2.88. The summed E-state index contributed by atoms with van der Waals surface area (Å²) in [5, 5.41) is 25.2. The van der Waals surface area contributed by atoms with Gasteiger partial charge in [-0.3, -0.25) is 9.59 Å². The summed E-state index contributed by atoms with van der Waals surface area (Å²) in [6.07, 6.45) is 1.22. The molecule has 2 bridgehead atoms. The molecule has 0 aromatic heterocycles. The minimum absolute atomic E-state index is 0.0171. The molecule has 8 nitrogen and oxygen atoms in total. The van der Waals surface area contributed by atoms with E-state index in [1.54, 1.807) is 13.8 Å². The third-order valence-corrected chi connectivity index (χ3v) is 9.81. The Morgan fingerprint density at radius 2 is 1.64 bits per heavy atom. The van der Waals surface area contributed by atoms with Gasteiger partial charge in [-0.25, -0.2) is 21.6 Å². The zero-order valence-electron chi connectivity index (χ0n) is 21.5. The van der Waals surface area contributed by atoms with E-state index in [0.29, 0.717) is 25.0 Å². The molecular formula is C27H31F3N2O6S. The lowest BCUT2D eigenvalue weighted by Crippen LogP contribution is -2.51. The van der Waals surface area contributed by atoms with Gasteiger partial charge in [0, 0.05) is 29.9 Å². The third kappa shape index (κ3) is 6.12. The molecule has 4 rings (SSSR count). The second-order valence-corrected chi connectivity index (χ2v) is 13.3. The molecule has 2 aromatic carbocycles. The monoisotopic (exact) mass is 568 g/mol. The SMILES string of the molecule is CC(C)(O)CNC(=O)C[C@@]1(O)C2CC[C@H]1C[C@H](S(=O)(=O)c1cccc(C(=O)Nc3cc(F)c(F)c(F)c3)c1)C2. The second kappa shape index (κ2) is 10.5. The van der Waals surface area contributed by atoms with Gasteiger partial charge in [0.25, 0.3) is 5.91 Å². The maximum atomic E-state index is 13.6. The van der Waals surface area contributed by atoms with Crippen LogP contribution in [0.1, 0.15) is 56.3 Å². The highest BCUT2D eigenvalue weighted by Crippen LogP contribution is 2.53. The smallest absolute Gasteiger partial charge is 0.255 e. The molecule has 12 heteroatoms. The first-order valence-electron chi connectivity index (χ1n) is 12.6. The quantitative estimate of drug-likeness (QED) is 0.361. The van der Waals surface area contributed by atoms with Crippen LogP contribution >= 0.6 is 0 Å². The first-order valence-corrected chi connectivity index (χ1v) is 14.2. The zero-order chi connectivity index (χ0) is 28.8. The lowest BCUT2D eigenvalue weighted by Gasteiger charge is -2.42. The van der Waals surface area contributed by atoms with Crippen molar-refractivity contribution in [2.45, 2.75) is 67.3 Å². The topological polar surface area (TPSA) is 133 Å². The van der Waals surface area contributed by atoms with E-state index in [4.69, 9.17) is 0 Å². The number of sulfone groups is 1. The Hall–Kier alpha value is -2.96. The number of rotatable bonds is 8. The minimum atomic E-state index is -3.94. The zero-order valence-corrected chi connectivity index (χ0v) is 22.3. The number of nitrogens with one attached hydrogen (secondary N) is 2. The normalized spacial score (nSPS) is 24.8. The van der Waals surface area contributed by atoms with Crippen LogP contribution in [0.3, 0.4) is 0 Å². The molecular weight excluding hydrogens is 537 g/mol. The molecule has 2 aliphatic carbocycles. The van der Waals surface area contributed by atoms with Gasteiger partial charge >= 0.3 is 0 Å². The Bertz CT molecular complexity index is 1360. The standard InChI is InChI=1S/C27H31F3N2O6S/c1-26(2,35)14-31-23(33)13-27(36)16-6-7-17(27)10-20(9-16)39(37,38)19-5-3-4-15(8-19)25(34)32-18-11-21(28)24(30)22(29)12-18/h3-5,8,11-12,16-17,20,35-36H,6-7,9-10,13-14H2,1-2H3,(H,31,33)(H,32,34)/t16-,17?,20-,27-/m0/s1. The average Bonchev–Trinajstić information content (AvgIpc) is 3.01. The first-order chi connectivity index (χ1) is 18.1. The molecule has 2 aliphatic rings. The number of hydrogen-bond acceptors (Lipinski definition) is 6. The van der Waals surface area contributed by atoms with Crippen LogP contribution in [0.15, 0.2) is 41.3 Å². The van der Waals surface area contributed by atoms with Crippen LogP contribution in [0.4, 0.5) is 18.9 Å². The van der Waals surface area contributed by atoms with Gasteiger partial charge in [0.1, 0.15) is 0 Å². The molecule has 2 fully saturated rings. The number of benzene rings is 2. The van der Waals surface area contributed by atoms with E-state index in [1.165, 1.54) is 18.2 Å². The Morgan fingerprint density at radius 1 is 1.05 bits per heavy atom. The van der Waals surface area contributed by atoms with Crippen molar-refractivity contribution in [2.75, 3.05) is 11.9 Å². The molecule has 0 spiro atoms. The van der Waals surface area contributed by atoms with E-state index in [-0.39, 0.29) is 42.0 Å². The molecule has 39 heavy (non-hydrogen) atoms. The fourth-order valence-corrected chi connectivity index (χ4v) is 7.54. The largest absolute Gasteiger partial charge is 0.389 e. The Kier molecular flexibility index (Phi) is 7.85. The van der Waals surface area contributed by atoms with Crippen molar-refractivity contribution < 1.29 is 41.4 Å². The summed E-state index contributed by atoms with van der Waals surface area (Å²) in [6.45, 7) is 3.11. The average molecular weight is 569 g/mol. The number of amides is 2. The summed E-state index contributed by atoms with van der Waals surface area (Å²) in [5.74, 6) is -6.74. The van der Waals surface area contributed by atoms with Crippen LogP contribution in [-0.2, 0) is 14.6 Å². The van der Waals surface area contributed by atoms with E-state index < -0.39 is 67.4 Å². The number of anilines is 1. The van der Waals surface area contributed by atoms with E-state index in [1.807, 2.05) is 0 Å². The van der Waals surface area contributed by atoms with Gasteiger partial charge in [-0.15, -0.1) is 0 Å². The summed E-state index contributed by atoms with van der Waals surface area (Å²) in [4.78, 5) is 25.0. The highest BCUT2D eigenvalue weighted by atomic mass is 32.2.